The van der Waals surface area contributed by atoms with E-state index < -0.39 is 5.97 Å². The summed E-state index contributed by atoms with van der Waals surface area (Å²) in [6.07, 6.45) is 5.11. The summed E-state index contributed by atoms with van der Waals surface area (Å²) in [5.74, 6) is -0.857. The van der Waals surface area contributed by atoms with Crippen LogP contribution in [0.15, 0.2) is 0 Å². The van der Waals surface area contributed by atoms with E-state index >= 15 is 0 Å². The average molecular weight is 254 g/mol. The van der Waals surface area contributed by atoms with E-state index in [-0.39, 0.29) is 23.8 Å². The number of nitrogens with one attached hydrogen (secondary N) is 2. The van der Waals surface area contributed by atoms with Gasteiger partial charge in [-0.15, -0.1) is 0 Å². The van der Waals surface area contributed by atoms with E-state index in [0.29, 0.717) is 6.42 Å². The van der Waals surface area contributed by atoms with Crippen molar-refractivity contribution >= 4 is 11.9 Å². The van der Waals surface area contributed by atoms with Crippen LogP contribution in [0.1, 0.15) is 38.5 Å². The molecule has 1 heterocycles. The Hall–Kier alpha value is -1.10. The Morgan fingerprint density at radius 2 is 1.89 bits per heavy atom. The average Bonchev–Trinajstić information content (AvgIpc) is 2.40. The highest BCUT2D eigenvalue weighted by Crippen LogP contribution is 2.25. The maximum absolute atomic E-state index is 12.0. The van der Waals surface area contributed by atoms with Gasteiger partial charge in [-0.25, -0.2) is 0 Å². The molecule has 1 saturated carbocycles. The lowest BCUT2D eigenvalue weighted by Crippen LogP contribution is -2.46. The van der Waals surface area contributed by atoms with Gasteiger partial charge in [0.2, 0.25) is 5.91 Å². The molecule has 2 fully saturated rings. The smallest absolute Gasteiger partial charge is 0.306 e. The number of piperidine rings is 1. The van der Waals surface area contributed by atoms with Crippen molar-refractivity contribution in [2.75, 3.05) is 13.1 Å². The summed E-state index contributed by atoms with van der Waals surface area (Å²) in [7, 11) is 0. The van der Waals surface area contributed by atoms with Crippen molar-refractivity contribution in [3.05, 3.63) is 0 Å². The second-order valence-corrected chi connectivity index (χ2v) is 5.45. The molecular formula is C13H22N2O3. The molecule has 5 nitrogen and oxygen atoms in total. The fourth-order valence-corrected chi connectivity index (χ4v) is 2.94. The van der Waals surface area contributed by atoms with Gasteiger partial charge in [-0.3, -0.25) is 9.59 Å². The van der Waals surface area contributed by atoms with E-state index in [0.717, 1.165) is 45.2 Å². The van der Waals surface area contributed by atoms with E-state index in [1.807, 2.05) is 0 Å². The van der Waals surface area contributed by atoms with Gasteiger partial charge in [0.05, 0.1) is 11.8 Å². The third-order valence-corrected chi connectivity index (χ3v) is 4.04. The molecule has 3 atom stereocenters. The van der Waals surface area contributed by atoms with Crippen molar-refractivity contribution in [1.29, 1.82) is 0 Å². The Morgan fingerprint density at radius 1 is 1.11 bits per heavy atom. The molecule has 102 valence electrons. The van der Waals surface area contributed by atoms with Crippen molar-refractivity contribution in [2.24, 2.45) is 11.8 Å². The molecule has 3 unspecified atom stereocenters. The number of carboxylic acid groups (broad SMARTS) is 1. The molecular weight excluding hydrogens is 232 g/mol. The highest BCUT2D eigenvalue weighted by atomic mass is 16.4. The Balaban J connectivity index is 1.81. The molecule has 5 heteroatoms. The molecule has 1 aliphatic heterocycles. The zero-order chi connectivity index (χ0) is 13.0. The number of amides is 1. The lowest BCUT2D eigenvalue weighted by molar-refractivity contribution is -0.143. The van der Waals surface area contributed by atoms with E-state index in [1.54, 1.807) is 0 Å². The van der Waals surface area contributed by atoms with E-state index in [9.17, 15) is 9.59 Å². The molecule has 0 aromatic heterocycles. The first-order valence-electron chi connectivity index (χ1n) is 6.90. The van der Waals surface area contributed by atoms with Gasteiger partial charge in [0.1, 0.15) is 0 Å². The van der Waals surface area contributed by atoms with Gasteiger partial charge in [0.25, 0.3) is 0 Å². The zero-order valence-electron chi connectivity index (χ0n) is 10.7. The van der Waals surface area contributed by atoms with Gasteiger partial charge in [0, 0.05) is 12.6 Å². The van der Waals surface area contributed by atoms with Crippen LogP contribution in [0.2, 0.25) is 0 Å². The lowest BCUT2D eigenvalue weighted by Gasteiger charge is -2.30. The van der Waals surface area contributed by atoms with Crippen molar-refractivity contribution < 1.29 is 14.7 Å². The van der Waals surface area contributed by atoms with Gasteiger partial charge >= 0.3 is 5.97 Å². The van der Waals surface area contributed by atoms with E-state index in [4.69, 9.17) is 5.11 Å². The summed E-state index contributed by atoms with van der Waals surface area (Å²) in [6.45, 7) is 1.75. The molecule has 0 aromatic rings. The highest BCUT2D eigenvalue weighted by Gasteiger charge is 2.29. The number of hydrogen-bond donors (Lipinski definition) is 3. The minimum absolute atomic E-state index is 0.0503. The Labute approximate surface area is 107 Å². The quantitative estimate of drug-likeness (QED) is 0.694. The summed E-state index contributed by atoms with van der Waals surface area (Å²) in [6, 6.07) is 0.0503. The largest absolute Gasteiger partial charge is 0.481 e. The van der Waals surface area contributed by atoms with Crippen molar-refractivity contribution in [2.45, 2.75) is 44.6 Å². The van der Waals surface area contributed by atoms with Crippen molar-refractivity contribution in [3.8, 4) is 0 Å². The molecule has 3 N–H and O–H groups in total. The molecule has 0 aromatic carbocycles. The lowest BCUT2D eigenvalue weighted by atomic mass is 9.85. The molecule has 18 heavy (non-hydrogen) atoms. The minimum atomic E-state index is -0.728. The summed E-state index contributed by atoms with van der Waals surface area (Å²) >= 11 is 0. The number of rotatable bonds is 3. The molecule has 0 bridgehead atoms. The van der Waals surface area contributed by atoms with Gasteiger partial charge in [-0.05, 0) is 38.6 Å². The van der Waals surface area contributed by atoms with Crippen LogP contribution in [0.4, 0.5) is 0 Å². The highest BCUT2D eigenvalue weighted by molar-refractivity contribution is 5.79. The Morgan fingerprint density at radius 3 is 2.56 bits per heavy atom. The second-order valence-electron chi connectivity index (χ2n) is 5.45. The monoisotopic (exact) mass is 254 g/mol. The number of carboxylic acids is 1. The number of hydrogen-bond acceptors (Lipinski definition) is 3. The molecule has 1 amide bonds. The number of carbonyl (C=O) groups is 2. The van der Waals surface area contributed by atoms with Crippen LogP contribution >= 0.6 is 0 Å². The first-order chi connectivity index (χ1) is 8.66. The SMILES string of the molecule is O=C(O)C1CCCC(NC(=O)C2CCCNC2)C1. The maximum atomic E-state index is 12.0. The predicted octanol–water partition coefficient (Wildman–Crippen LogP) is 0.746. The molecule has 2 aliphatic rings. The first kappa shape index (κ1) is 13.3. The summed E-state index contributed by atoms with van der Waals surface area (Å²) in [4.78, 5) is 23.0. The second kappa shape index (κ2) is 6.18. The number of aliphatic carboxylic acids is 1. The van der Waals surface area contributed by atoms with Crippen LogP contribution < -0.4 is 10.6 Å². The maximum Gasteiger partial charge on any atom is 0.306 e. The normalized spacial score (nSPS) is 32.8. The summed E-state index contributed by atoms with van der Waals surface area (Å²) in [5.41, 5.74) is 0. The zero-order valence-corrected chi connectivity index (χ0v) is 10.7. The molecule has 2 rings (SSSR count). The van der Waals surface area contributed by atoms with Crippen molar-refractivity contribution in [3.63, 3.8) is 0 Å². The third-order valence-electron chi connectivity index (χ3n) is 4.04. The summed E-state index contributed by atoms with van der Waals surface area (Å²) < 4.78 is 0. The fraction of sp³-hybridized carbons (Fsp3) is 0.846. The molecule has 1 saturated heterocycles. The number of carbonyl (C=O) groups excluding carboxylic acids is 1. The molecule has 1 aliphatic carbocycles. The van der Waals surface area contributed by atoms with Crippen LogP contribution in [0.5, 0.6) is 0 Å². The minimum Gasteiger partial charge on any atom is -0.481 e. The Kier molecular flexibility index (Phi) is 4.58. The van der Waals surface area contributed by atoms with Crippen LogP contribution in [0.25, 0.3) is 0 Å². The Bertz CT molecular complexity index is 313. The van der Waals surface area contributed by atoms with Gasteiger partial charge in [0.15, 0.2) is 0 Å². The van der Waals surface area contributed by atoms with Gasteiger partial charge in [-0.1, -0.05) is 6.42 Å². The van der Waals surface area contributed by atoms with Crippen LogP contribution in [-0.4, -0.2) is 36.1 Å². The van der Waals surface area contributed by atoms with Crippen LogP contribution in [0.3, 0.4) is 0 Å². The molecule has 0 radical (unpaired) electrons. The van der Waals surface area contributed by atoms with Gasteiger partial charge in [-0.2, -0.15) is 0 Å². The molecule has 0 spiro atoms. The predicted molar refractivity (Wildman–Crippen MR) is 67.1 cm³/mol. The fourth-order valence-electron chi connectivity index (χ4n) is 2.94. The topological polar surface area (TPSA) is 78.4 Å². The van der Waals surface area contributed by atoms with E-state index in [1.165, 1.54) is 0 Å². The van der Waals surface area contributed by atoms with E-state index in [2.05, 4.69) is 10.6 Å². The first-order valence-corrected chi connectivity index (χ1v) is 6.90. The van der Waals surface area contributed by atoms with Crippen LogP contribution in [0, 0.1) is 11.8 Å². The van der Waals surface area contributed by atoms with Crippen LogP contribution in [-0.2, 0) is 9.59 Å². The van der Waals surface area contributed by atoms with Gasteiger partial charge < -0.3 is 15.7 Å². The third kappa shape index (κ3) is 3.45. The van der Waals surface area contributed by atoms with Crippen molar-refractivity contribution in [1.82, 2.24) is 10.6 Å². The summed E-state index contributed by atoms with van der Waals surface area (Å²) in [5, 5.41) is 15.3. The standard InChI is InChI=1S/C13H22N2O3/c16-12(10-4-2-6-14-8-10)15-11-5-1-3-9(7-11)13(17)18/h9-11,14H,1-8H2,(H,15,16)(H,17,18).